The van der Waals surface area contributed by atoms with Crippen molar-refractivity contribution in [1.29, 1.82) is 0 Å². The summed E-state index contributed by atoms with van der Waals surface area (Å²) in [6.45, 7) is 0. The van der Waals surface area contributed by atoms with Gasteiger partial charge >= 0.3 is 0 Å². The van der Waals surface area contributed by atoms with E-state index in [0.717, 1.165) is 17.4 Å². The first-order chi connectivity index (χ1) is 9.54. The second kappa shape index (κ2) is 4.45. The molecule has 0 atom stereocenters. The molecule has 0 aromatic heterocycles. The minimum atomic E-state index is -0.589. The molecule has 4 aliphatic carbocycles. The van der Waals surface area contributed by atoms with Crippen LogP contribution in [0, 0.1) is 29.5 Å². The van der Waals surface area contributed by atoms with Crippen LogP contribution in [-0.2, 0) is 6.42 Å². The normalized spacial score (nSPS) is 42.1. The summed E-state index contributed by atoms with van der Waals surface area (Å²) in [5.74, 6) is 2.17. The van der Waals surface area contributed by atoms with Crippen molar-refractivity contribution in [3.63, 3.8) is 0 Å². The second-order valence-electron chi connectivity index (χ2n) is 7.22. The van der Waals surface area contributed by atoms with Gasteiger partial charge in [-0.3, -0.25) is 0 Å². The lowest BCUT2D eigenvalue weighted by Gasteiger charge is -2.59. The van der Waals surface area contributed by atoms with Gasteiger partial charge in [-0.05, 0) is 73.5 Å². The van der Waals surface area contributed by atoms with Crippen LogP contribution in [0.1, 0.15) is 37.7 Å². The SMILES string of the molecule is OC1(Cc2ccc(F)c(Cl)c2)C2CC3CC(C2)CC1C3. The third kappa shape index (κ3) is 1.92. The first-order valence-corrected chi connectivity index (χ1v) is 8.08. The first kappa shape index (κ1) is 13.1. The number of hydrogen-bond acceptors (Lipinski definition) is 1. The van der Waals surface area contributed by atoms with Gasteiger partial charge in [0, 0.05) is 6.42 Å². The van der Waals surface area contributed by atoms with E-state index in [1.165, 1.54) is 38.2 Å². The first-order valence-electron chi connectivity index (χ1n) is 7.71. The highest BCUT2D eigenvalue weighted by molar-refractivity contribution is 6.30. The van der Waals surface area contributed by atoms with E-state index in [2.05, 4.69) is 0 Å². The third-order valence-corrected chi connectivity index (χ3v) is 6.31. The third-order valence-electron chi connectivity index (χ3n) is 6.02. The topological polar surface area (TPSA) is 20.2 Å². The van der Waals surface area contributed by atoms with Crippen molar-refractivity contribution < 1.29 is 9.50 Å². The molecule has 1 nitrogen and oxygen atoms in total. The Balaban J connectivity index is 1.62. The zero-order valence-electron chi connectivity index (χ0n) is 11.5. The lowest BCUT2D eigenvalue weighted by atomic mass is 9.49. The van der Waals surface area contributed by atoms with E-state index in [1.807, 2.05) is 0 Å². The lowest BCUT2D eigenvalue weighted by Crippen LogP contribution is -2.58. The van der Waals surface area contributed by atoms with Crippen molar-refractivity contribution in [2.24, 2.45) is 23.7 Å². The summed E-state index contributed by atoms with van der Waals surface area (Å²) in [7, 11) is 0. The molecule has 0 aliphatic heterocycles. The highest BCUT2D eigenvalue weighted by atomic mass is 35.5. The van der Waals surface area contributed by atoms with Crippen LogP contribution in [0.3, 0.4) is 0 Å². The molecule has 1 aromatic carbocycles. The minimum absolute atomic E-state index is 0.162. The Kier molecular flexibility index (Phi) is 2.91. The van der Waals surface area contributed by atoms with Gasteiger partial charge in [0.25, 0.3) is 0 Å². The van der Waals surface area contributed by atoms with E-state index in [9.17, 15) is 9.50 Å². The molecule has 0 spiro atoms. The highest BCUT2D eigenvalue weighted by Crippen LogP contribution is 2.59. The Morgan fingerprint density at radius 2 is 1.70 bits per heavy atom. The summed E-state index contributed by atoms with van der Waals surface area (Å²) in [5, 5.41) is 11.4. The average molecular weight is 295 g/mol. The maximum absolute atomic E-state index is 13.3. The minimum Gasteiger partial charge on any atom is -0.389 e. The summed E-state index contributed by atoms with van der Waals surface area (Å²) >= 11 is 5.87. The molecule has 5 rings (SSSR count). The molecule has 0 radical (unpaired) electrons. The summed E-state index contributed by atoms with van der Waals surface area (Å²) in [6.07, 6.45) is 6.72. The molecular formula is C17H20ClFO. The van der Waals surface area contributed by atoms with Crippen molar-refractivity contribution in [3.05, 3.63) is 34.6 Å². The van der Waals surface area contributed by atoms with Crippen LogP contribution < -0.4 is 0 Å². The molecule has 20 heavy (non-hydrogen) atoms. The zero-order chi connectivity index (χ0) is 13.9. The fourth-order valence-electron chi connectivity index (χ4n) is 5.27. The molecule has 4 saturated carbocycles. The second-order valence-corrected chi connectivity index (χ2v) is 7.63. The molecule has 1 N–H and O–H groups in total. The monoisotopic (exact) mass is 294 g/mol. The van der Waals surface area contributed by atoms with Crippen LogP contribution >= 0.6 is 11.6 Å². The molecule has 108 valence electrons. The summed E-state index contributed by atoms with van der Waals surface area (Å²) in [6, 6.07) is 4.86. The molecule has 4 bridgehead atoms. The standard InChI is InChI=1S/C17H20ClFO/c18-15-8-10(1-2-16(15)19)9-17(20)13-4-11-3-12(6-13)7-14(17)5-11/h1-2,8,11-14,20H,3-7,9H2. The van der Waals surface area contributed by atoms with Crippen LogP contribution in [-0.4, -0.2) is 10.7 Å². The molecule has 4 fully saturated rings. The zero-order valence-corrected chi connectivity index (χ0v) is 12.2. The summed E-state index contributed by atoms with van der Waals surface area (Å²) in [4.78, 5) is 0. The van der Waals surface area contributed by atoms with Gasteiger partial charge in [0.05, 0.1) is 10.6 Å². The quantitative estimate of drug-likeness (QED) is 0.866. The maximum Gasteiger partial charge on any atom is 0.141 e. The van der Waals surface area contributed by atoms with Gasteiger partial charge in [0.2, 0.25) is 0 Å². The Bertz CT molecular complexity index is 514. The van der Waals surface area contributed by atoms with Crippen LogP contribution in [0.5, 0.6) is 0 Å². The number of hydrogen-bond donors (Lipinski definition) is 1. The highest BCUT2D eigenvalue weighted by Gasteiger charge is 2.56. The molecule has 0 amide bonds. The van der Waals surface area contributed by atoms with Crippen molar-refractivity contribution in [2.75, 3.05) is 0 Å². The molecule has 3 heteroatoms. The number of aliphatic hydroxyl groups is 1. The van der Waals surface area contributed by atoms with E-state index in [-0.39, 0.29) is 10.8 Å². The van der Waals surface area contributed by atoms with E-state index < -0.39 is 5.60 Å². The van der Waals surface area contributed by atoms with E-state index in [0.29, 0.717) is 18.3 Å². The maximum atomic E-state index is 13.3. The lowest BCUT2D eigenvalue weighted by molar-refractivity contribution is -0.171. The van der Waals surface area contributed by atoms with Gasteiger partial charge in [0.15, 0.2) is 0 Å². The van der Waals surface area contributed by atoms with Gasteiger partial charge in [-0.15, -0.1) is 0 Å². The van der Waals surface area contributed by atoms with Crippen LogP contribution in [0.4, 0.5) is 4.39 Å². The average Bonchev–Trinajstić information content (AvgIpc) is 2.40. The number of rotatable bonds is 2. The van der Waals surface area contributed by atoms with Crippen LogP contribution in [0.25, 0.3) is 0 Å². The smallest absolute Gasteiger partial charge is 0.141 e. The fourth-order valence-corrected chi connectivity index (χ4v) is 5.47. The Morgan fingerprint density at radius 3 is 2.25 bits per heavy atom. The Morgan fingerprint density at radius 1 is 1.10 bits per heavy atom. The van der Waals surface area contributed by atoms with Gasteiger partial charge in [-0.2, -0.15) is 0 Å². The fraction of sp³-hybridized carbons (Fsp3) is 0.647. The van der Waals surface area contributed by atoms with Crippen molar-refractivity contribution in [3.8, 4) is 0 Å². The van der Waals surface area contributed by atoms with Crippen molar-refractivity contribution >= 4 is 11.6 Å². The number of benzene rings is 1. The molecule has 0 heterocycles. The van der Waals surface area contributed by atoms with E-state index >= 15 is 0 Å². The van der Waals surface area contributed by atoms with Crippen molar-refractivity contribution in [2.45, 2.75) is 44.1 Å². The predicted octanol–water partition coefficient (Wildman–Crippen LogP) is 4.21. The Hall–Kier alpha value is -0.600. The van der Waals surface area contributed by atoms with Gasteiger partial charge in [-0.25, -0.2) is 4.39 Å². The summed E-state index contributed by atoms with van der Waals surface area (Å²) in [5.41, 5.74) is 0.376. The van der Waals surface area contributed by atoms with Gasteiger partial charge < -0.3 is 5.11 Å². The number of halogens is 2. The summed E-state index contributed by atoms with van der Waals surface area (Å²) < 4.78 is 13.3. The molecule has 0 saturated heterocycles. The van der Waals surface area contributed by atoms with E-state index in [1.54, 1.807) is 12.1 Å². The Labute approximate surface area is 124 Å². The molecule has 0 unspecified atom stereocenters. The van der Waals surface area contributed by atoms with Crippen LogP contribution in [0.15, 0.2) is 18.2 Å². The van der Waals surface area contributed by atoms with E-state index in [4.69, 9.17) is 11.6 Å². The van der Waals surface area contributed by atoms with Crippen LogP contribution in [0.2, 0.25) is 5.02 Å². The predicted molar refractivity (Wildman–Crippen MR) is 77.1 cm³/mol. The molecule has 4 aliphatic rings. The van der Waals surface area contributed by atoms with Crippen molar-refractivity contribution in [1.82, 2.24) is 0 Å². The van der Waals surface area contributed by atoms with Gasteiger partial charge in [-0.1, -0.05) is 17.7 Å². The van der Waals surface area contributed by atoms with Gasteiger partial charge in [0.1, 0.15) is 5.82 Å². The largest absolute Gasteiger partial charge is 0.389 e. The molecular weight excluding hydrogens is 275 g/mol. The molecule has 1 aromatic rings.